The summed E-state index contributed by atoms with van der Waals surface area (Å²) in [6.07, 6.45) is 4.81. The zero-order valence-corrected chi connectivity index (χ0v) is 17.6. The van der Waals surface area contributed by atoms with Crippen LogP contribution >= 0.6 is 0 Å². The maximum atomic E-state index is 13.0. The number of hydrogen-bond acceptors (Lipinski definition) is 3. The number of benzene rings is 2. The molecule has 31 heavy (non-hydrogen) atoms. The standard InChI is InChI=1S/C25H25N3O3/c1-2-17-6-5-8-19-18(14-21-20-7-3-4-9-22(20)26-25(21)30)15-28(24(17)19)16-23(29)27-10-12-31-13-11-27/h3-9,14-15H,2,10-13,16H2,1H3,(H,26,30). The summed E-state index contributed by atoms with van der Waals surface area (Å²) in [7, 11) is 0. The molecule has 0 radical (unpaired) electrons. The predicted octanol–water partition coefficient (Wildman–Crippen LogP) is 3.56. The van der Waals surface area contributed by atoms with Crippen LogP contribution in [0, 0.1) is 0 Å². The minimum atomic E-state index is -0.0989. The number of aromatic nitrogens is 1. The van der Waals surface area contributed by atoms with Crippen molar-refractivity contribution in [2.45, 2.75) is 19.9 Å². The van der Waals surface area contributed by atoms with Gasteiger partial charge in [-0.3, -0.25) is 9.59 Å². The first kappa shape index (κ1) is 19.6. The van der Waals surface area contributed by atoms with Gasteiger partial charge in [0.2, 0.25) is 5.91 Å². The van der Waals surface area contributed by atoms with E-state index < -0.39 is 0 Å². The second kappa shape index (κ2) is 8.04. The smallest absolute Gasteiger partial charge is 0.256 e. The number of hydrogen-bond donors (Lipinski definition) is 1. The van der Waals surface area contributed by atoms with Gasteiger partial charge in [-0.1, -0.05) is 43.3 Å². The van der Waals surface area contributed by atoms with Crippen LogP contribution in [-0.2, 0) is 27.3 Å². The molecule has 2 aliphatic heterocycles. The maximum absolute atomic E-state index is 13.0. The van der Waals surface area contributed by atoms with Gasteiger partial charge in [0.15, 0.2) is 0 Å². The van der Waals surface area contributed by atoms with Gasteiger partial charge in [0.1, 0.15) is 6.54 Å². The fraction of sp³-hybridized carbons (Fsp3) is 0.280. The van der Waals surface area contributed by atoms with E-state index in [0.717, 1.165) is 34.1 Å². The first-order valence-electron chi connectivity index (χ1n) is 10.7. The van der Waals surface area contributed by atoms with Crippen molar-refractivity contribution in [3.63, 3.8) is 0 Å². The van der Waals surface area contributed by atoms with Crippen molar-refractivity contribution in [1.82, 2.24) is 9.47 Å². The Hall–Kier alpha value is -3.38. The van der Waals surface area contributed by atoms with E-state index in [2.05, 4.69) is 24.4 Å². The van der Waals surface area contributed by atoms with Crippen molar-refractivity contribution < 1.29 is 14.3 Å². The van der Waals surface area contributed by atoms with Crippen molar-refractivity contribution in [3.05, 3.63) is 65.4 Å². The largest absolute Gasteiger partial charge is 0.378 e. The summed E-state index contributed by atoms with van der Waals surface area (Å²) in [5.74, 6) is -0.00703. The number of anilines is 1. The highest BCUT2D eigenvalue weighted by atomic mass is 16.5. The van der Waals surface area contributed by atoms with Crippen LogP contribution in [0.3, 0.4) is 0 Å². The predicted molar refractivity (Wildman–Crippen MR) is 122 cm³/mol. The molecule has 158 valence electrons. The minimum Gasteiger partial charge on any atom is -0.378 e. The monoisotopic (exact) mass is 415 g/mol. The summed E-state index contributed by atoms with van der Waals surface area (Å²) >= 11 is 0. The van der Waals surface area contributed by atoms with Gasteiger partial charge in [-0.2, -0.15) is 0 Å². The van der Waals surface area contributed by atoms with Gasteiger partial charge >= 0.3 is 0 Å². The number of morpholine rings is 1. The zero-order valence-electron chi connectivity index (χ0n) is 17.6. The number of aryl methyl sites for hydroxylation is 1. The Kier molecular flexibility index (Phi) is 5.08. The lowest BCUT2D eigenvalue weighted by Gasteiger charge is -2.27. The normalized spacial score (nSPS) is 17.3. The fourth-order valence-corrected chi connectivity index (χ4v) is 4.49. The fourth-order valence-electron chi connectivity index (χ4n) is 4.49. The Labute approximate surface area is 181 Å². The van der Waals surface area contributed by atoms with E-state index in [-0.39, 0.29) is 18.4 Å². The van der Waals surface area contributed by atoms with E-state index in [1.54, 1.807) is 0 Å². The summed E-state index contributed by atoms with van der Waals surface area (Å²) in [5.41, 5.74) is 5.58. The first-order valence-corrected chi connectivity index (χ1v) is 10.7. The number of nitrogens with zero attached hydrogens (tertiary/aromatic N) is 2. The third kappa shape index (κ3) is 3.53. The summed E-state index contributed by atoms with van der Waals surface area (Å²) in [6, 6.07) is 13.9. The number of para-hydroxylation sites is 2. The Balaban J connectivity index is 1.58. The number of amides is 2. The summed E-state index contributed by atoms with van der Waals surface area (Å²) in [5, 5.41) is 3.99. The highest BCUT2D eigenvalue weighted by Crippen LogP contribution is 2.35. The van der Waals surface area contributed by atoms with Crippen molar-refractivity contribution in [2.75, 3.05) is 31.6 Å². The number of carbonyl (C=O) groups is 2. The second-order valence-corrected chi connectivity index (χ2v) is 7.93. The molecule has 3 aromatic rings. The Morgan fingerprint density at radius 3 is 2.74 bits per heavy atom. The molecule has 1 aromatic heterocycles. The molecule has 0 spiro atoms. The van der Waals surface area contributed by atoms with E-state index in [1.165, 1.54) is 5.56 Å². The molecule has 1 fully saturated rings. The van der Waals surface area contributed by atoms with Gasteiger partial charge in [-0.15, -0.1) is 0 Å². The van der Waals surface area contributed by atoms with Crippen molar-refractivity contribution in [1.29, 1.82) is 0 Å². The number of carbonyl (C=O) groups excluding carboxylic acids is 2. The number of rotatable bonds is 4. The topological polar surface area (TPSA) is 63.6 Å². The third-order valence-corrected chi connectivity index (χ3v) is 6.07. The van der Waals surface area contributed by atoms with Gasteiger partial charge < -0.3 is 19.5 Å². The van der Waals surface area contributed by atoms with Crippen LogP contribution in [0.4, 0.5) is 5.69 Å². The number of fused-ring (bicyclic) bond motifs is 2. The molecule has 0 atom stereocenters. The van der Waals surface area contributed by atoms with Crippen molar-refractivity contribution in [3.8, 4) is 0 Å². The highest BCUT2D eigenvalue weighted by Gasteiger charge is 2.25. The summed E-state index contributed by atoms with van der Waals surface area (Å²) in [6.45, 7) is 4.84. The molecule has 2 amide bonds. The minimum absolute atomic E-state index is 0.0919. The van der Waals surface area contributed by atoms with Crippen molar-refractivity contribution >= 4 is 40.1 Å². The average Bonchev–Trinajstić information content (AvgIpc) is 3.31. The van der Waals surface area contributed by atoms with Crippen LogP contribution in [0.5, 0.6) is 0 Å². The molecule has 2 aromatic carbocycles. The van der Waals surface area contributed by atoms with Crippen LogP contribution in [0.25, 0.3) is 22.6 Å². The van der Waals surface area contributed by atoms with Crippen LogP contribution in [0.15, 0.2) is 48.7 Å². The zero-order chi connectivity index (χ0) is 21.4. The van der Waals surface area contributed by atoms with Crippen LogP contribution < -0.4 is 5.32 Å². The Bertz CT molecular complexity index is 1200. The Morgan fingerprint density at radius 1 is 1.13 bits per heavy atom. The SMILES string of the molecule is CCc1cccc2c(C=C3C(=O)Nc4ccccc43)cn(CC(=O)N3CCOCC3)c12. The van der Waals surface area contributed by atoms with Crippen LogP contribution in [0.2, 0.25) is 0 Å². The molecule has 1 N–H and O–H groups in total. The van der Waals surface area contributed by atoms with Gasteiger partial charge in [0, 0.05) is 47.1 Å². The first-order chi connectivity index (χ1) is 15.2. The molecule has 0 unspecified atom stereocenters. The molecule has 3 heterocycles. The van der Waals surface area contributed by atoms with E-state index in [4.69, 9.17) is 4.74 Å². The van der Waals surface area contributed by atoms with Gasteiger partial charge in [-0.25, -0.2) is 0 Å². The lowest BCUT2D eigenvalue weighted by molar-refractivity contribution is -0.135. The number of nitrogens with one attached hydrogen (secondary N) is 1. The number of ether oxygens (including phenoxy) is 1. The maximum Gasteiger partial charge on any atom is 0.256 e. The summed E-state index contributed by atoms with van der Waals surface area (Å²) < 4.78 is 7.42. The molecular formula is C25H25N3O3. The molecule has 0 bridgehead atoms. The molecule has 6 heteroatoms. The van der Waals surface area contributed by atoms with E-state index in [0.29, 0.717) is 31.9 Å². The quantitative estimate of drug-likeness (QED) is 0.663. The summed E-state index contributed by atoms with van der Waals surface area (Å²) in [4.78, 5) is 27.4. The average molecular weight is 415 g/mol. The van der Waals surface area contributed by atoms with Gasteiger partial charge in [-0.05, 0) is 24.1 Å². The lowest BCUT2D eigenvalue weighted by atomic mass is 10.0. The van der Waals surface area contributed by atoms with E-state index in [9.17, 15) is 9.59 Å². The van der Waals surface area contributed by atoms with Crippen LogP contribution in [-0.4, -0.2) is 47.6 Å². The van der Waals surface area contributed by atoms with Gasteiger partial charge in [0.05, 0.1) is 18.7 Å². The van der Waals surface area contributed by atoms with E-state index in [1.807, 2.05) is 52.1 Å². The third-order valence-electron chi connectivity index (χ3n) is 6.07. The molecule has 6 nitrogen and oxygen atoms in total. The molecule has 0 saturated carbocycles. The van der Waals surface area contributed by atoms with Gasteiger partial charge in [0.25, 0.3) is 5.91 Å². The molecular weight excluding hydrogens is 390 g/mol. The van der Waals surface area contributed by atoms with Crippen LogP contribution in [0.1, 0.15) is 23.6 Å². The molecule has 0 aliphatic carbocycles. The molecule has 1 saturated heterocycles. The molecule has 2 aliphatic rings. The molecule has 5 rings (SSSR count). The lowest BCUT2D eigenvalue weighted by Crippen LogP contribution is -2.42. The van der Waals surface area contributed by atoms with E-state index >= 15 is 0 Å². The Morgan fingerprint density at radius 2 is 1.94 bits per heavy atom. The second-order valence-electron chi connectivity index (χ2n) is 7.93. The highest BCUT2D eigenvalue weighted by molar-refractivity contribution is 6.35. The van der Waals surface area contributed by atoms with Crippen molar-refractivity contribution in [2.24, 2.45) is 0 Å².